The molecule has 1 rings (SSSR count). The molecule has 1 aromatic rings. The van der Waals surface area contributed by atoms with Crippen LogP contribution in [-0.4, -0.2) is 37.0 Å². The zero-order chi connectivity index (χ0) is 14.5. The minimum absolute atomic E-state index is 0.0935. The Morgan fingerprint density at radius 2 is 1.89 bits per heavy atom. The average molecular weight is 282 g/mol. The van der Waals surface area contributed by atoms with Crippen LogP contribution >= 0.6 is 0 Å². The third-order valence-electron chi connectivity index (χ3n) is 2.69. The van der Waals surface area contributed by atoms with E-state index in [-0.39, 0.29) is 24.9 Å². The summed E-state index contributed by atoms with van der Waals surface area (Å²) in [6, 6.07) is 8.24. The lowest BCUT2D eigenvalue weighted by Gasteiger charge is -2.25. The maximum atomic E-state index is 12.2. The molecule has 6 heteroatoms. The maximum Gasteiger partial charge on any atom is 0.218 e. The van der Waals surface area contributed by atoms with Gasteiger partial charge in [-0.2, -0.15) is 9.57 Å². The first-order chi connectivity index (χ1) is 8.90. The Morgan fingerprint density at radius 3 is 2.32 bits per heavy atom. The van der Waals surface area contributed by atoms with Gasteiger partial charge in [-0.15, -0.1) is 0 Å². The number of hydrogen-bond donors (Lipinski definition) is 1. The zero-order valence-corrected chi connectivity index (χ0v) is 11.9. The number of aliphatic hydroxyl groups is 1. The molecule has 0 amide bonds. The van der Waals surface area contributed by atoms with Gasteiger partial charge >= 0.3 is 0 Å². The summed E-state index contributed by atoms with van der Waals surface area (Å²) in [5, 5.41) is 17.6. The molecule has 0 atom stereocenters. The third-order valence-corrected chi connectivity index (χ3v) is 4.70. The van der Waals surface area contributed by atoms with Gasteiger partial charge in [-0.3, -0.25) is 0 Å². The van der Waals surface area contributed by atoms with Crippen molar-refractivity contribution in [1.82, 2.24) is 4.31 Å². The van der Waals surface area contributed by atoms with Crippen molar-refractivity contribution in [2.45, 2.75) is 25.6 Å². The third kappa shape index (κ3) is 4.31. The van der Waals surface area contributed by atoms with Crippen molar-refractivity contribution in [3.63, 3.8) is 0 Å². The topological polar surface area (TPSA) is 81.4 Å². The highest BCUT2D eigenvalue weighted by Crippen LogP contribution is 2.14. The number of benzene rings is 1. The fourth-order valence-corrected chi connectivity index (χ4v) is 3.57. The summed E-state index contributed by atoms with van der Waals surface area (Å²) < 4.78 is 25.8. The van der Waals surface area contributed by atoms with E-state index in [4.69, 9.17) is 10.4 Å². The van der Waals surface area contributed by atoms with Gasteiger partial charge in [-0.05, 0) is 31.5 Å². The van der Waals surface area contributed by atoms with Gasteiger partial charge in [0.1, 0.15) is 0 Å². The lowest BCUT2D eigenvalue weighted by molar-refractivity contribution is 0.236. The fourth-order valence-electron chi connectivity index (χ4n) is 1.79. The Bertz CT molecular complexity index is 544. The van der Waals surface area contributed by atoms with Gasteiger partial charge < -0.3 is 5.11 Å². The predicted octanol–water partition coefficient (Wildman–Crippen LogP) is 1.09. The van der Waals surface area contributed by atoms with Crippen LogP contribution in [-0.2, 0) is 15.8 Å². The van der Waals surface area contributed by atoms with Crippen molar-refractivity contribution in [2.75, 3.05) is 13.2 Å². The summed E-state index contributed by atoms with van der Waals surface area (Å²) in [5.74, 6) is -0.128. The number of rotatable bonds is 6. The van der Waals surface area contributed by atoms with Gasteiger partial charge in [0.2, 0.25) is 10.0 Å². The molecule has 1 N–H and O–H groups in total. The molecule has 0 bridgehead atoms. The molecule has 104 valence electrons. The Balaban J connectivity index is 2.91. The highest BCUT2D eigenvalue weighted by molar-refractivity contribution is 7.88. The van der Waals surface area contributed by atoms with Gasteiger partial charge in [0, 0.05) is 12.6 Å². The van der Waals surface area contributed by atoms with Crippen LogP contribution < -0.4 is 0 Å². The highest BCUT2D eigenvalue weighted by Gasteiger charge is 2.24. The number of nitriles is 1. The molecule has 0 spiro atoms. The second-order valence-electron chi connectivity index (χ2n) is 4.49. The van der Waals surface area contributed by atoms with Crippen molar-refractivity contribution in [3.05, 3.63) is 35.4 Å². The van der Waals surface area contributed by atoms with E-state index < -0.39 is 10.0 Å². The van der Waals surface area contributed by atoms with Crippen molar-refractivity contribution in [2.24, 2.45) is 0 Å². The van der Waals surface area contributed by atoms with E-state index in [2.05, 4.69) is 0 Å². The normalized spacial score (nSPS) is 11.8. The number of aliphatic hydroxyl groups excluding tert-OH is 1. The Labute approximate surface area is 114 Å². The van der Waals surface area contributed by atoms with Crippen LogP contribution in [0.5, 0.6) is 0 Å². The van der Waals surface area contributed by atoms with Gasteiger partial charge in [-0.25, -0.2) is 8.42 Å². The van der Waals surface area contributed by atoms with Gasteiger partial charge in [0.15, 0.2) is 0 Å². The minimum Gasteiger partial charge on any atom is -0.395 e. The van der Waals surface area contributed by atoms with Gasteiger partial charge in [-0.1, -0.05) is 12.1 Å². The van der Waals surface area contributed by atoms with E-state index in [9.17, 15) is 8.42 Å². The van der Waals surface area contributed by atoms with Crippen LogP contribution in [0.3, 0.4) is 0 Å². The largest absolute Gasteiger partial charge is 0.395 e. The molecule has 0 aromatic heterocycles. The molecular weight excluding hydrogens is 264 g/mol. The van der Waals surface area contributed by atoms with Crippen molar-refractivity contribution >= 4 is 10.0 Å². The van der Waals surface area contributed by atoms with Crippen molar-refractivity contribution in [1.29, 1.82) is 5.26 Å². The first-order valence-corrected chi connectivity index (χ1v) is 7.61. The summed E-state index contributed by atoms with van der Waals surface area (Å²) in [4.78, 5) is 0. The van der Waals surface area contributed by atoms with Crippen LogP contribution in [0, 0.1) is 11.3 Å². The quantitative estimate of drug-likeness (QED) is 0.847. The summed E-state index contributed by atoms with van der Waals surface area (Å²) in [7, 11) is -3.47. The van der Waals surface area contributed by atoms with Crippen LogP contribution in [0.25, 0.3) is 0 Å². The monoisotopic (exact) mass is 282 g/mol. The molecule has 5 nitrogen and oxygen atoms in total. The molecule has 0 aliphatic carbocycles. The summed E-state index contributed by atoms with van der Waals surface area (Å²) in [6.45, 7) is 3.43. The highest BCUT2D eigenvalue weighted by atomic mass is 32.2. The second-order valence-corrected chi connectivity index (χ2v) is 6.41. The number of sulfonamides is 1. The fraction of sp³-hybridized carbons (Fsp3) is 0.462. The molecule has 0 aliphatic rings. The Hall–Kier alpha value is -1.42. The lowest BCUT2D eigenvalue weighted by Crippen LogP contribution is -2.39. The smallest absolute Gasteiger partial charge is 0.218 e. The van der Waals surface area contributed by atoms with Crippen LogP contribution in [0.1, 0.15) is 25.0 Å². The standard InChI is InChI=1S/C13H18N2O3S/c1-11(2)15(7-8-16)19(17,18)10-13-5-3-12(9-14)4-6-13/h3-6,11,16H,7-8,10H2,1-2H3. The molecule has 0 saturated carbocycles. The molecule has 0 saturated heterocycles. The second kappa shape index (κ2) is 6.66. The molecule has 0 fully saturated rings. The van der Waals surface area contributed by atoms with Gasteiger partial charge in [0.25, 0.3) is 0 Å². The zero-order valence-electron chi connectivity index (χ0n) is 11.1. The van der Waals surface area contributed by atoms with E-state index in [1.807, 2.05) is 6.07 Å². The van der Waals surface area contributed by atoms with Crippen LogP contribution in [0.15, 0.2) is 24.3 Å². The van der Waals surface area contributed by atoms with Crippen LogP contribution in [0.4, 0.5) is 0 Å². The molecule has 0 aliphatic heterocycles. The first-order valence-electron chi connectivity index (χ1n) is 6.00. The molecular formula is C13H18N2O3S. The molecule has 0 unspecified atom stereocenters. The SMILES string of the molecule is CC(C)N(CCO)S(=O)(=O)Cc1ccc(C#N)cc1. The van der Waals surface area contributed by atoms with Gasteiger partial charge in [0.05, 0.1) is 24.0 Å². The lowest BCUT2D eigenvalue weighted by atomic mass is 10.2. The molecule has 1 aromatic carbocycles. The van der Waals surface area contributed by atoms with E-state index in [1.165, 1.54) is 4.31 Å². The minimum atomic E-state index is -3.47. The van der Waals surface area contributed by atoms with E-state index in [1.54, 1.807) is 38.1 Å². The van der Waals surface area contributed by atoms with Crippen molar-refractivity contribution in [3.8, 4) is 6.07 Å². The summed E-state index contributed by atoms with van der Waals surface area (Å²) in [5.41, 5.74) is 1.12. The Kier molecular flexibility index (Phi) is 5.48. The molecule has 0 heterocycles. The maximum absolute atomic E-state index is 12.2. The van der Waals surface area contributed by atoms with E-state index in [0.29, 0.717) is 11.1 Å². The van der Waals surface area contributed by atoms with Crippen LogP contribution in [0.2, 0.25) is 0 Å². The number of hydrogen-bond acceptors (Lipinski definition) is 4. The number of nitrogens with zero attached hydrogens (tertiary/aromatic N) is 2. The Morgan fingerprint density at radius 1 is 1.32 bits per heavy atom. The summed E-state index contributed by atoms with van der Waals surface area (Å²) in [6.07, 6.45) is 0. The predicted molar refractivity (Wildman–Crippen MR) is 72.7 cm³/mol. The average Bonchev–Trinajstić information content (AvgIpc) is 2.35. The molecule has 19 heavy (non-hydrogen) atoms. The first kappa shape index (κ1) is 15.6. The summed E-state index contributed by atoms with van der Waals surface area (Å²) >= 11 is 0. The van der Waals surface area contributed by atoms with Crippen molar-refractivity contribution < 1.29 is 13.5 Å². The van der Waals surface area contributed by atoms with E-state index in [0.717, 1.165) is 0 Å². The van der Waals surface area contributed by atoms with E-state index >= 15 is 0 Å². The molecule has 0 radical (unpaired) electrons.